The number of ether oxygens (including phenoxy) is 1. The van der Waals surface area contributed by atoms with Crippen LogP contribution < -0.4 is 20.1 Å². The van der Waals surface area contributed by atoms with Crippen molar-refractivity contribution in [3.63, 3.8) is 0 Å². The number of hydrogen-bond donors (Lipinski definition) is 3. The first-order chi connectivity index (χ1) is 26.6. The highest BCUT2D eigenvalue weighted by molar-refractivity contribution is 7.91. The van der Waals surface area contributed by atoms with E-state index in [0.717, 1.165) is 12.8 Å². The number of amides is 4. The van der Waals surface area contributed by atoms with Crippen LogP contribution in [0, 0.1) is 11.7 Å². The fraction of sp³-hybridized carbons (Fsp3) is 0.564. The van der Waals surface area contributed by atoms with Gasteiger partial charge in [0.05, 0.1) is 28.0 Å². The molecule has 1 saturated heterocycles. The highest BCUT2D eigenvalue weighted by Gasteiger charge is 2.63. The minimum atomic E-state index is -4.02. The van der Waals surface area contributed by atoms with Crippen molar-refractivity contribution in [2.24, 2.45) is 5.92 Å². The zero-order valence-corrected chi connectivity index (χ0v) is 32.8. The number of allylic oxidation sites excluding steroid dienone is 1. The molecule has 56 heavy (non-hydrogen) atoms. The Balaban J connectivity index is 1.20. The number of carbonyl (C=O) groups is 4. The molecule has 3 N–H and O–H groups in total. The second kappa shape index (κ2) is 15.2. The van der Waals surface area contributed by atoms with Crippen molar-refractivity contribution in [3.05, 3.63) is 59.4 Å². The molecule has 1 aromatic carbocycles. The van der Waals surface area contributed by atoms with E-state index in [1.54, 1.807) is 6.92 Å². The second-order valence-electron chi connectivity index (χ2n) is 16.0. The number of aromatic nitrogens is 3. The highest BCUT2D eigenvalue weighted by Crippen LogP contribution is 2.47. The summed E-state index contributed by atoms with van der Waals surface area (Å²) in [5.74, 6) is -3.58. The Bertz CT molecular complexity index is 2190. The summed E-state index contributed by atoms with van der Waals surface area (Å²) in [5, 5.41) is 9.65. The van der Waals surface area contributed by atoms with Crippen LogP contribution in [0.4, 0.5) is 4.39 Å². The molecule has 2 saturated carbocycles. The Labute approximate surface area is 324 Å². The lowest BCUT2D eigenvalue weighted by molar-refractivity contribution is -0.141. The number of nitrogens with one attached hydrogen (secondary N) is 3. The lowest BCUT2D eigenvalue weighted by atomic mass is 10.0. The van der Waals surface area contributed by atoms with Crippen molar-refractivity contribution in [1.29, 1.82) is 0 Å². The van der Waals surface area contributed by atoms with Crippen LogP contribution in [0.5, 0.6) is 5.88 Å². The van der Waals surface area contributed by atoms with Crippen molar-refractivity contribution in [3.8, 4) is 5.88 Å². The Hall–Kier alpha value is -4.93. The van der Waals surface area contributed by atoms with E-state index in [0.29, 0.717) is 49.0 Å². The standard InChI is InChI=1S/C39H48FN7O8S/c1-5-26-35(43-30-17-24(40)13-14-27(30)41-26)54-25-18-31-33(48)44-39(37(51)46-56(52,53)38(4)15-16-38)20-23(39)11-9-7-6-8-10-12-28(36(50)47(31)21-25)42-34(49)32-19-29(22(2)3)45-55-32/h9,11,13-14,17,19,22-23,25,28,31H,5-8,10,12,15-16,18,20-21H2,1-4H3,(H,42,49)(H,44,48)(H,46,51)/t23-,25-,28+,31+,39-/m1/s1. The lowest BCUT2D eigenvalue weighted by Crippen LogP contribution is -2.58. The van der Waals surface area contributed by atoms with E-state index in [1.807, 2.05) is 32.9 Å². The fourth-order valence-corrected chi connectivity index (χ4v) is 8.69. The minimum absolute atomic E-state index is 0.00288. The van der Waals surface area contributed by atoms with Gasteiger partial charge in [0.25, 0.3) is 11.8 Å². The summed E-state index contributed by atoms with van der Waals surface area (Å²) in [4.78, 5) is 66.9. The van der Waals surface area contributed by atoms with Crippen molar-refractivity contribution in [2.45, 2.75) is 126 Å². The van der Waals surface area contributed by atoms with Gasteiger partial charge in [-0.05, 0) is 69.9 Å². The first-order valence-electron chi connectivity index (χ1n) is 19.4. The summed E-state index contributed by atoms with van der Waals surface area (Å²) < 4.78 is 53.3. The van der Waals surface area contributed by atoms with Gasteiger partial charge in [0.1, 0.15) is 35.2 Å². The summed E-state index contributed by atoms with van der Waals surface area (Å²) in [6, 6.07) is 3.34. The van der Waals surface area contributed by atoms with Crippen LogP contribution in [-0.2, 0) is 30.8 Å². The molecule has 7 rings (SSSR count). The summed E-state index contributed by atoms with van der Waals surface area (Å²) in [7, 11) is -4.02. The van der Waals surface area contributed by atoms with Crippen molar-refractivity contribution >= 4 is 44.7 Å². The third kappa shape index (κ3) is 7.86. The maximum absolute atomic E-state index is 14.6. The zero-order chi connectivity index (χ0) is 40.0. The van der Waals surface area contributed by atoms with Crippen LogP contribution in [0.3, 0.4) is 0 Å². The van der Waals surface area contributed by atoms with Crippen LogP contribution in [0.25, 0.3) is 11.0 Å². The van der Waals surface area contributed by atoms with E-state index in [4.69, 9.17) is 9.26 Å². The molecule has 2 aromatic heterocycles. The monoisotopic (exact) mass is 793 g/mol. The average molecular weight is 794 g/mol. The molecule has 2 aliphatic carbocycles. The van der Waals surface area contributed by atoms with E-state index in [1.165, 1.54) is 29.2 Å². The number of sulfonamides is 1. The molecule has 0 spiro atoms. The third-order valence-corrected chi connectivity index (χ3v) is 13.6. The molecule has 15 nitrogen and oxygen atoms in total. The molecule has 0 bridgehead atoms. The predicted molar refractivity (Wildman–Crippen MR) is 201 cm³/mol. The van der Waals surface area contributed by atoms with E-state index in [-0.39, 0.29) is 48.9 Å². The molecule has 5 atom stereocenters. The molecule has 0 radical (unpaired) electrons. The molecule has 4 aliphatic rings. The van der Waals surface area contributed by atoms with Gasteiger partial charge in [0, 0.05) is 24.5 Å². The largest absolute Gasteiger partial charge is 0.471 e. The van der Waals surface area contributed by atoms with Gasteiger partial charge in [-0.2, -0.15) is 0 Å². The number of nitrogens with zero attached hydrogens (tertiary/aromatic N) is 4. The number of rotatable bonds is 9. The number of halogens is 1. The van der Waals surface area contributed by atoms with E-state index in [2.05, 4.69) is 30.5 Å². The topological polar surface area (TPSA) is 203 Å². The van der Waals surface area contributed by atoms with E-state index < -0.39 is 73.9 Å². The number of aryl methyl sites for hydroxylation is 1. The highest BCUT2D eigenvalue weighted by atomic mass is 32.2. The molecule has 2 aliphatic heterocycles. The van der Waals surface area contributed by atoms with Gasteiger partial charge in [0.2, 0.25) is 33.5 Å². The van der Waals surface area contributed by atoms with Gasteiger partial charge in [-0.15, -0.1) is 0 Å². The number of fused-ring (bicyclic) bond motifs is 3. The Morgan fingerprint density at radius 3 is 2.62 bits per heavy atom. The molecule has 3 aromatic rings. The quantitative estimate of drug-likeness (QED) is 0.265. The van der Waals surface area contributed by atoms with Crippen molar-refractivity contribution in [2.75, 3.05) is 6.54 Å². The second-order valence-corrected chi connectivity index (χ2v) is 18.2. The first-order valence-corrected chi connectivity index (χ1v) is 20.9. The minimum Gasteiger partial charge on any atom is -0.471 e. The number of hydrogen-bond acceptors (Lipinski definition) is 11. The molecule has 4 amide bonds. The summed E-state index contributed by atoms with van der Waals surface area (Å²) in [5.41, 5.74) is 0.261. The van der Waals surface area contributed by atoms with Gasteiger partial charge >= 0.3 is 0 Å². The average Bonchev–Trinajstić information content (AvgIpc) is 3.92. The number of benzene rings is 1. The zero-order valence-electron chi connectivity index (χ0n) is 32.0. The van der Waals surface area contributed by atoms with Crippen LogP contribution in [0.15, 0.2) is 40.9 Å². The first kappa shape index (κ1) is 39.3. The summed E-state index contributed by atoms with van der Waals surface area (Å²) >= 11 is 0. The van der Waals surface area contributed by atoms with Crippen LogP contribution in [0.1, 0.15) is 113 Å². The normalized spacial score (nSPS) is 26.4. The lowest BCUT2D eigenvalue weighted by Gasteiger charge is -2.29. The van der Waals surface area contributed by atoms with Gasteiger partial charge in [-0.25, -0.2) is 22.8 Å². The Kier molecular flexibility index (Phi) is 10.7. The van der Waals surface area contributed by atoms with Crippen LogP contribution in [-0.4, -0.2) is 87.1 Å². The van der Waals surface area contributed by atoms with Gasteiger partial charge in [0.15, 0.2) is 0 Å². The summed E-state index contributed by atoms with van der Waals surface area (Å²) in [6.07, 6.45) is 7.38. The molecule has 4 heterocycles. The van der Waals surface area contributed by atoms with Crippen molar-refractivity contribution in [1.82, 2.24) is 35.4 Å². The van der Waals surface area contributed by atoms with Crippen LogP contribution >= 0.6 is 0 Å². The Morgan fingerprint density at radius 2 is 1.91 bits per heavy atom. The predicted octanol–water partition coefficient (Wildman–Crippen LogP) is 3.98. The van der Waals surface area contributed by atoms with Gasteiger partial charge in [-0.1, -0.05) is 50.9 Å². The molecular weight excluding hydrogens is 746 g/mol. The Morgan fingerprint density at radius 1 is 1.12 bits per heavy atom. The van der Waals surface area contributed by atoms with Crippen LogP contribution in [0.2, 0.25) is 0 Å². The maximum Gasteiger partial charge on any atom is 0.290 e. The van der Waals surface area contributed by atoms with Gasteiger partial charge in [-0.3, -0.25) is 23.9 Å². The summed E-state index contributed by atoms with van der Waals surface area (Å²) in [6.45, 7) is 7.16. The van der Waals surface area contributed by atoms with Crippen molar-refractivity contribution < 1.29 is 41.2 Å². The third-order valence-electron chi connectivity index (χ3n) is 11.4. The van der Waals surface area contributed by atoms with E-state index >= 15 is 0 Å². The SMILES string of the molecule is CCc1nc2ccc(F)cc2nc1O[C@@H]1C[C@H]2C(=O)N[C@]3(C(=O)NS(=O)(=O)C4(C)CC4)C[C@H]3C=CCCCCC[C@H](NC(=O)c3cc(C(C)C)no3)C(=O)N2C1. The maximum atomic E-state index is 14.6. The fourth-order valence-electron chi connectivity index (χ4n) is 7.37. The smallest absolute Gasteiger partial charge is 0.290 e. The molecule has 17 heteroatoms. The molecular formula is C39H48FN7O8S. The molecule has 3 fully saturated rings. The van der Waals surface area contributed by atoms with E-state index in [9.17, 15) is 32.0 Å². The van der Waals surface area contributed by atoms with Gasteiger partial charge < -0.3 is 24.8 Å². The molecule has 300 valence electrons. The molecule has 0 unspecified atom stereocenters. The number of carbonyl (C=O) groups excluding carboxylic acids is 4.